The molecule has 0 atom stereocenters. The standard InChI is InChI=1S/C11H9N3O2S2/c15-9-12-14(11-17-6-7-18-11)10(16)13(9)8-4-2-1-3-5-8/h1-5H,6-7H2. The van der Waals surface area contributed by atoms with Crippen molar-refractivity contribution >= 4 is 45.6 Å². The van der Waals surface area contributed by atoms with Crippen LogP contribution in [0.3, 0.4) is 0 Å². The van der Waals surface area contributed by atoms with Gasteiger partial charge in [-0.05, 0) is 21.9 Å². The predicted octanol–water partition coefficient (Wildman–Crippen LogP) is 1.11. The van der Waals surface area contributed by atoms with Crippen LogP contribution >= 0.6 is 23.5 Å². The minimum atomic E-state index is -0.535. The Morgan fingerprint density at radius 1 is 1.22 bits per heavy atom. The van der Waals surface area contributed by atoms with Crippen LogP contribution in [0.5, 0.6) is 0 Å². The molecule has 1 aromatic carbocycles. The normalized spacial score (nSPS) is 19.7. The molecule has 5 nitrogen and oxygen atoms in total. The number of carbonyl (C=O) groups is 1. The van der Waals surface area contributed by atoms with Crippen molar-refractivity contribution < 1.29 is 14.6 Å². The third-order valence-electron chi connectivity index (χ3n) is 2.47. The van der Waals surface area contributed by atoms with Crippen LogP contribution in [0.1, 0.15) is 0 Å². The number of hydrogen-bond donors (Lipinski definition) is 0. The van der Waals surface area contributed by atoms with Gasteiger partial charge in [-0.25, -0.2) is 0 Å². The number of benzene rings is 1. The number of para-hydroxylation sites is 1. The molecule has 0 N–H and O–H groups in total. The van der Waals surface area contributed by atoms with E-state index in [9.17, 15) is 9.90 Å². The van der Waals surface area contributed by atoms with Crippen molar-refractivity contribution in [1.82, 2.24) is 0 Å². The highest BCUT2D eigenvalue weighted by Crippen LogP contribution is 2.28. The van der Waals surface area contributed by atoms with Gasteiger partial charge in [-0.3, -0.25) is 0 Å². The lowest BCUT2D eigenvalue weighted by molar-refractivity contribution is -0.422. The summed E-state index contributed by atoms with van der Waals surface area (Å²) in [5, 5.41) is 15.6. The maximum Gasteiger partial charge on any atom is 0.531 e. The van der Waals surface area contributed by atoms with E-state index in [0.29, 0.717) is 5.69 Å². The molecule has 3 rings (SSSR count). The number of anilines is 1. The predicted molar refractivity (Wildman–Crippen MR) is 71.9 cm³/mol. The van der Waals surface area contributed by atoms with E-state index in [1.165, 1.54) is 4.68 Å². The third kappa shape index (κ3) is 1.89. The van der Waals surface area contributed by atoms with E-state index in [4.69, 9.17) is 0 Å². The first kappa shape index (κ1) is 11.6. The quantitative estimate of drug-likeness (QED) is 0.723. The van der Waals surface area contributed by atoms with Gasteiger partial charge in [0.1, 0.15) is 5.69 Å². The zero-order valence-corrected chi connectivity index (χ0v) is 10.9. The molecule has 0 unspecified atom stereocenters. The Morgan fingerprint density at radius 2 is 1.89 bits per heavy atom. The van der Waals surface area contributed by atoms with Gasteiger partial charge in [-0.2, -0.15) is 4.79 Å². The second-order valence-corrected chi connectivity index (χ2v) is 6.04. The summed E-state index contributed by atoms with van der Waals surface area (Å²) in [5.74, 6) is 1.89. The number of urea groups is 1. The fourth-order valence-electron chi connectivity index (χ4n) is 1.69. The molecule has 0 saturated carbocycles. The first-order valence-electron chi connectivity index (χ1n) is 5.35. The summed E-state index contributed by atoms with van der Waals surface area (Å²) in [7, 11) is 0. The van der Waals surface area contributed by atoms with Crippen LogP contribution in [0.4, 0.5) is 10.5 Å². The average Bonchev–Trinajstić information content (AvgIpc) is 2.99. The average molecular weight is 279 g/mol. The van der Waals surface area contributed by atoms with E-state index >= 15 is 0 Å². The molecule has 2 heterocycles. The second-order valence-electron chi connectivity index (χ2n) is 3.61. The lowest BCUT2D eigenvalue weighted by Crippen LogP contribution is -2.40. The molecule has 2 aliphatic rings. The number of hydrogen-bond acceptors (Lipinski definition) is 5. The number of hydrazone groups is 1. The molecule has 7 heteroatoms. The molecule has 92 valence electrons. The lowest BCUT2D eigenvalue weighted by atomic mass is 10.3. The maximum atomic E-state index is 12.2. The molecule has 2 amide bonds. The van der Waals surface area contributed by atoms with E-state index in [2.05, 4.69) is 5.10 Å². The van der Waals surface area contributed by atoms with Gasteiger partial charge in [0.15, 0.2) is 0 Å². The van der Waals surface area contributed by atoms with Crippen molar-refractivity contribution in [3.8, 4) is 0 Å². The monoisotopic (exact) mass is 279 g/mol. The number of amidine groups is 1. The van der Waals surface area contributed by atoms with Gasteiger partial charge in [0.05, 0.1) is 0 Å². The Hall–Kier alpha value is -1.47. The number of thioether (sulfide) groups is 2. The molecular weight excluding hydrogens is 270 g/mol. The minimum absolute atomic E-state index is 0.400. The second kappa shape index (κ2) is 4.66. The van der Waals surface area contributed by atoms with E-state index in [1.807, 2.05) is 6.07 Å². The highest BCUT2D eigenvalue weighted by molar-refractivity contribution is 8.41. The van der Waals surface area contributed by atoms with Gasteiger partial charge in [-0.15, -0.1) is 4.90 Å². The van der Waals surface area contributed by atoms with Gasteiger partial charge in [0.25, 0.3) is 0 Å². The number of rotatable bonds is 1. The minimum Gasteiger partial charge on any atom is -0.824 e. The highest BCUT2D eigenvalue weighted by atomic mass is 32.2. The van der Waals surface area contributed by atoms with Crippen molar-refractivity contribution in [3.63, 3.8) is 0 Å². The Kier molecular flexibility index (Phi) is 3.00. The topological polar surface area (TPSA) is 58.7 Å². The molecule has 0 radical (unpaired) electrons. The largest absolute Gasteiger partial charge is 0.824 e. The van der Waals surface area contributed by atoms with Crippen LogP contribution in [0.25, 0.3) is 0 Å². The molecule has 0 aromatic heterocycles. The fourth-order valence-corrected chi connectivity index (χ4v) is 4.02. The van der Waals surface area contributed by atoms with Crippen LogP contribution in [0.2, 0.25) is 0 Å². The van der Waals surface area contributed by atoms with Crippen molar-refractivity contribution in [2.24, 2.45) is 5.10 Å². The lowest BCUT2D eigenvalue weighted by Gasteiger charge is -2.10. The zero-order valence-electron chi connectivity index (χ0n) is 9.28. The van der Waals surface area contributed by atoms with Crippen LogP contribution in [0.15, 0.2) is 35.4 Å². The van der Waals surface area contributed by atoms with Crippen LogP contribution in [0, 0.1) is 0 Å². The Labute approximate surface area is 112 Å². The molecular formula is C11H9N3O2S2. The molecule has 18 heavy (non-hydrogen) atoms. The van der Waals surface area contributed by atoms with Gasteiger partial charge in [0.2, 0.25) is 10.4 Å². The number of amides is 2. The molecule has 0 aliphatic carbocycles. The van der Waals surface area contributed by atoms with Crippen LogP contribution < -0.4 is 10.0 Å². The third-order valence-corrected chi connectivity index (χ3v) is 5.09. The van der Waals surface area contributed by atoms with Gasteiger partial charge in [-0.1, -0.05) is 41.7 Å². The Balaban J connectivity index is 1.99. The van der Waals surface area contributed by atoms with E-state index in [-0.39, 0.29) is 0 Å². The zero-order chi connectivity index (χ0) is 12.5. The number of nitrogens with zero attached hydrogens (tertiary/aromatic N) is 3. The number of carbonyl (C=O) groups excluding carboxylic acids is 1. The SMILES string of the molecule is O=C1N(c2ccccc2)C([O-])=N[N+]1=C1SCCS1. The van der Waals surface area contributed by atoms with Crippen LogP contribution in [-0.2, 0) is 0 Å². The first-order chi connectivity index (χ1) is 8.77. The van der Waals surface area contributed by atoms with Crippen molar-refractivity contribution in [1.29, 1.82) is 0 Å². The molecule has 1 fully saturated rings. The Morgan fingerprint density at radius 3 is 2.56 bits per heavy atom. The molecule has 1 saturated heterocycles. The summed E-state index contributed by atoms with van der Waals surface area (Å²) in [6.07, 6.45) is 0. The maximum absolute atomic E-state index is 12.2. The van der Waals surface area contributed by atoms with E-state index in [0.717, 1.165) is 20.8 Å². The van der Waals surface area contributed by atoms with Gasteiger partial charge in [0, 0.05) is 11.5 Å². The van der Waals surface area contributed by atoms with Gasteiger partial charge >= 0.3 is 6.03 Å². The summed E-state index contributed by atoms with van der Waals surface area (Å²) in [5.41, 5.74) is 0.548. The van der Waals surface area contributed by atoms with Crippen molar-refractivity contribution in [2.45, 2.75) is 0 Å². The van der Waals surface area contributed by atoms with E-state index < -0.39 is 12.1 Å². The van der Waals surface area contributed by atoms with Gasteiger partial charge < -0.3 is 5.11 Å². The molecule has 1 aromatic rings. The first-order valence-corrected chi connectivity index (χ1v) is 7.32. The van der Waals surface area contributed by atoms with Crippen molar-refractivity contribution in [2.75, 3.05) is 16.4 Å². The molecule has 2 aliphatic heterocycles. The van der Waals surface area contributed by atoms with Crippen molar-refractivity contribution in [3.05, 3.63) is 30.3 Å². The Bertz CT molecular complexity index is 549. The summed E-state index contributed by atoms with van der Waals surface area (Å²) in [4.78, 5) is 13.3. The molecule has 0 spiro atoms. The fraction of sp³-hybridized carbons (Fsp3) is 0.182. The summed E-state index contributed by atoms with van der Waals surface area (Å²) < 4.78 is 1.99. The molecule has 0 bridgehead atoms. The van der Waals surface area contributed by atoms with E-state index in [1.54, 1.807) is 47.8 Å². The summed E-state index contributed by atoms with van der Waals surface area (Å²) >= 11 is 3.11. The highest BCUT2D eigenvalue weighted by Gasteiger charge is 2.39. The summed E-state index contributed by atoms with van der Waals surface area (Å²) in [6.45, 7) is 0. The summed E-state index contributed by atoms with van der Waals surface area (Å²) in [6, 6.07) is 7.90. The van der Waals surface area contributed by atoms with Crippen LogP contribution in [-0.4, -0.2) is 32.6 Å². The smallest absolute Gasteiger partial charge is 0.531 e.